The highest BCUT2D eigenvalue weighted by molar-refractivity contribution is 5.84. The predicted molar refractivity (Wildman–Crippen MR) is 79.3 cm³/mol. The summed E-state index contributed by atoms with van der Waals surface area (Å²) in [5.41, 5.74) is 4.13. The second-order valence-corrected chi connectivity index (χ2v) is 4.52. The molecule has 3 nitrogen and oxygen atoms in total. The van der Waals surface area contributed by atoms with E-state index in [2.05, 4.69) is 33.5 Å². The first-order chi connectivity index (χ1) is 9.26. The lowest BCUT2D eigenvalue weighted by Crippen LogP contribution is -1.93. The molecule has 0 aliphatic heterocycles. The van der Waals surface area contributed by atoms with Gasteiger partial charge in [-0.05, 0) is 37.3 Å². The van der Waals surface area contributed by atoms with Crippen LogP contribution in [0.2, 0.25) is 0 Å². The van der Waals surface area contributed by atoms with Crippen LogP contribution in [-0.4, -0.2) is 17.0 Å². The molecule has 0 aliphatic carbocycles. The number of hydrogen-bond donors (Lipinski definition) is 1. The molecule has 1 aromatic carbocycles. The van der Waals surface area contributed by atoms with Crippen molar-refractivity contribution in [1.29, 1.82) is 0 Å². The molecule has 19 heavy (non-hydrogen) atoms. The van der Waals surface area contributed by atoms with E-state index in [9.17, 15) is 0 Å². The third kappa shape index (κ3) is 2.27. The van der Waals surface area contributed by atoms with Crippen molar-refractivity contribution in [1.82, 2.24) is 9.97 Å². The number of aromatic nitrogens is 2. The fraction of sp³-hybridized carbons (Fsp3) is 0.125. The molecule has 3 rings (SSSR count). The summed E-state index contributed by atoms with van der Waals surface area (Å²) in [6.07, 6.45) is 0. The number of nitrogens with one attached hydrogen (secondary N) is 1. The highest BCUT2D eigenvalue weighted by atomic mass is 15.0. The zero-order valence-corrected chi connectivity index (χ0v) is 11.0. The summed E-state index contributed by atoms with van der Waals surface area (Å²) in [5.74, 6) is 0.875. The van der Waals surface area contributed by atoms with Crippen molar-refractivity contribution in [3.05, 3.63) is 54.2 Å². The molecule has 0 amide bonds. The summed E-state index contributed by atoms with van der Waals surface area (Å²) in [6.45, 7) is 2.01. The van der Waals surface area contributed by atoms with Crippen LogP contribution in [0.5, 0.6) is 0 Å². The van der Waals surface area contributed by atoms with Crippen molar-refractivity contribution in [3.63, 3.8) is 0 Å². The largest absolute Gasteiger partial charge is 0.373 e. The predicted octanol–water partition coefficient (Wildman–Crippen LogP) is 3.65. The number of pyridine rings is 2. The van der Waals surface area contributed by atoms with E-state index < -0.39 is 0 Å². The Kier molecular flexibility index (Phi) is 2.88. The smallest absolute Gasteiger partial charge is 0.126 e. The Morgan fingerprint density at radius 1 is 0.947 bits per heavy atom. The Hall–Kier alpha value is -2.42. The van der Waals surface area contributed by atoms with Crippen molar-refractivity contribution in [2.24, 2.45) is 0 Å². The molecular formula is C16H15N3. The molecule has 94 valence electrons. The minimum Gasteiger partial charge on any atom is -0.373 e. The first-order valence-corrected chi connectivity index (χ1v) is 6.29. The van der Waals surface area contributed by atoms with Gasteiger partial charge in [-0.2, -0.15) is 0 Å². The highest BCUT2D eigenvalue weighted by Gasteiger charge is 2.03. The average Bonchev–Trinajstić information content (AvgIpc) is 2.46. The molecule has 3 aromatic rings. The van der Waals surface area contributed by atoms with Gasteiger partial charge in [0, 0.05) is 23.7 Å². The second kappa shape index (κ2) is 4.69. The minimum absolute atomic E-state index is 0.875. The molecule has 0 bridgehead atoms. The lowest BCUT2D eigenvalue weighted by Gasteiger charge is -2.06. The summed E-state index contributed by atoms with van der Waals surface area (Å²) in [5, 5.41) is 4.20. The van der Waals surface area contributed by atoms with Crippen LogP contribution in [0, 0.1) is 6.92 Å². The number of fused-ring (bicyclic) bond motifs is 1. The minimum atomic E-state index is 0.875. The van der Waals surface area contributed by atoms with E-state index in [4.69, 9.17) is 0 Å². The first-order valence-electron chi connectivity index (χ1n) is 6.29. The Balaban J connectivity index is 2.12. The Labute approximate surface area is 112 Å². The number of benzene rings is 1. The second-order valence-electron chi connectivity index (χ2n) is 4.52. The third-order valence-electron chi connectivity index (χ3n) is 3.13. The van der Waals surface area contributed by atoms with E-state index in [0.29, 0.717) is 0 Å². The monoisotopic (exact) mass is 249 g/mol. The van der Waals surface area contributed by atoms with E-state index in [0.717, 1.165) is 33.7 Å². The molecular weight excluding hydrogens is 234 g/mol. The maximum Gasteiger partial charge on any atom is 0.126 e. The Morgan fingerprint density at radius 3 is 2.68 bits per heavy atom. The van der Waals surface area contributed by atoms with E-state index in [1.54, 1.807) is 0 Å². The lowest BCUT2D eigenvalue weighted by molar-refractivity contribution is 1.25. The van der Waals surface area contributed by atoms with Gasteiger partial charge in [-0.25, -0.2) is 4.98 Å². The fourth-order valence-corrected chi connectivity index (χ4v) is 2.12. The Morgan fingerprint density at radius 2 is 1.84 bits per heavy atom. The van der Waals surface area contributed by atoms with Crippen LogP contribution in [0.3, 0.4) is 0 Å². The number of anilines is 1. The third-order valence-corrected chi connectivity index (χ3v) is 3.13. The van der Waals surface area contributed by atoms with Crippen molar-refractivity contribution in [2.45, 2.75) is 6.92 Å². The van der Waals surface area contributed by atoms with E-state index in [-0.39, 0.29) is 0 Å². The van der Waals surface area contributed by atoms with Crippen molar-refractivity contribution < 1.29 is 0 Å². The van der Waals surface area contributed by atoms with Crippen molar-refractivity contribution in [3.8, 4) is 11.3 Å². The molecule has 0 atom stereocenters. The van der Waals surface area contributed by atoms with Gasteiger partial charge in [0.15, 0.2) is 0 Å². The topological polar surface area (TPSA) is 37.8 Å². The fourth-order valence-electron chi connectivity index (χ4n) is 2.12. The highest BCUT2D eigenvalue weighted by Crippen LogP contribution is 2.23. The first kappa shape index (κ1) is 11.7. The van der Waals surface area contributed by atoms with Crippen LogP contribution >= 0.6 is 0 Å². The number of rotatable bonds is 2. The SMILES string of the molecule is CNc1cccc(-c2ccc3nc(C)ccc3c2)n1. The summed E-state index contributed by atoms with van der Waals surface area (Å²) < 4.78 is 0. The zero-order valence-electron chi connectivity index (χ0n) is 11.0. The van der Waals surface area contributed by atoms with Gasteiger partial charge in [0.05, 0.1) is 11.2 Å². The van der Waals surface area contributed by atoms with Gasteiger partial charge in [0.2, 0.25) is 0 Å². The van der Waals surface area contributed by atoms with Gasteiger partial charge in [-0.15, -0.1) is 0 Å². The molecule has 0 spiro atoms. The van der Waals surface area contributed by atoms with E-state index in [1.807, 2.05) is 44.3 Å². The Bertz CT molecular complexity index is 735. The average molecular weight is 249 g/mol. The molecule has 2 heterocycles. The van der Waals surface area contributed by atoms with Gasteiger partial charge < -0.3 is 5.32 Å². The maximum atomic E-state index is 4.55. The van der Waals surface area contributed by atoms with Crippen LogP contribution in [0.1, 0.15) is 5.69 Å². The van der Waals surface area contributed by atoms with Crippen molar-refractivity contribution in [2.75, 3.05) is 12.4 Å². The van der Waals surface area contributed by atoms with Gasteiger partial charge >= 0.3 is 0 Å². The lowest BCUT2D eigenvalue weighted by atomic mass is 10.1. The van der Waals surface area contributed by atoms with Crippen molar-refractivity contribution >= 4 is 16.7 Å². The molecule has 2 aromatic heterocycles. The molecule has 0 fully saturated rings. The normalized spacial score (nSPS) is 10.6. The van der Waals surface area contributed by atoms with Crippen LogP contribution in [0.15, 0.2) is 48.5 Å². The van der Waals surface area contributed by atoms with Gasteiger partial charge in [0.25, 0.3) is 0 Å². The van der Waals surface area contributed by atoms with Gasteiger partial charge in [0.1, 0.15) is 5.82 Å². The number of hydrogen-bond acceptors (Lipinski definition) is 3. The number of nitrogens with zero attached hydrogens (tertiary/aromatic N) is 2. The molecule has 0 radical (unpaired) electrons. The van der Waals surface area contributed by atoms with Crippen LogP contribution in [-0.2, 0) is 0 Å². The van der Waals surface area contributed by atoms with E-state index in [1.165, 1.54) is 0 Å². The van der Waals surface area contributed by atoms with Gasteiger partial charge in [-0.1, -0.05) is 18.2 Å². The molecule has 1 N–H and O–H groups in total. The summed E-state index contributed by atoms with van der Waals surface area (Å²) in [4.78, 5) is 9.07. The summed E-state index contributed by atoms with van der Waals surface area (Å²) in [6, 6.07) is 16.4. The molecule has 3 heteroatoms. The van der Waals surface area contributed by atoms with E-state index >= 15 is 0 Å². The molecule has 0 aliphatic rings. The summed E-state index contributed by atoms with van der Waals surface area (Å²) in [7, 11) is 1.87. The quantitative estimate of drug-likeness (QED) is 0.753. The molecule has 0 saturated carbocycles. The molecule has 0 unspecified atom stereocenters. The van der Waals surface area contributed by atoms with Crippen LogP contribution in [0.4, 0.5) is 5.82 Å². The molecule has 0 saturated heterocycles. The standard InChI is InChI=1S/C16H15N3/c1-11-6-7-12-10-13(8-9-15(12)18-11)14-4-3-5-16(17-2)19-14/h3-10H,1-2H3,(H,17,19). The number of aryl methyl sites for hydroxylation is 1. The summed E-state index contributed by atoms with van der Waals surface area (Å²) >= 11 is 0. The van der Waals surface area contributed by atoms with Crippen LogP contribution < -0.4 is 5.32 Å². The maximum absolute atomic E-state index is 4.55. The zero-order chi connectivity index (χ0) is 13.2. The van der Waals surface area contributed by atoms with Gasteiger partial charge in [-0.3, -0.25) is 4.98 Å². The van der Waals surface area contributed by atoms with Crippen LogP contribution in [0.25, 0.3) is 22.2 Å².